The van der Waals surface area contributed by atoms with Crippen LogP contribution >= 0.6 is 11.8 Å². The Labute approximate surface area is 166 Å². The van der Waals surface area contributed by atoms with Gasteiger partial charge in [0.25, 0.3) is 5.91 Å². The molecule has 0 bridgehead atoms. The Morgan fingerprint density at radius 3 is 2.33 bits per heavy atom. The van der Waals surface area contributed by atoms with E-state index in [1.165, 1.54) is 31.5 Å². The van der Waals surface area contributed by atoms with Crippen LogP contribution in [0.2, 0.25) is 0 Å². The summed E-state index contributed by atoms with van der Waals surface area (Å²) in [5.41, 5.74) is 3.16. The highest BCUT2D eigenvalue weighted by Gasteiger charge is 2.29. The smallest absolute Gasteiger partial charge is 0.254 e. The Morgan fingerprint density at radius 1 is 0.889 bits per heavy atom. The van der Waals surface area contributed by atoms with Gasteiger partial charge < -0.3 is 9.80 Å². The predicted molar refractivity (Wildman–Crippen MR) is 114 cm³/mol. The number of benzene rings is 2. The number of hydrogen-bond donors (Lipinski definition) is 0. The molecule has 2 saturated heterocycles. The molecule has 2 aliphatic heterocycles. The van der Waals surface area contributed by atoms with Gasteiger partial charge in [-0.25, -0.2) is 0 Å². The zero-order chi connectivity index (χ0) is 18.5. The Kier molecular flexibility index (Phi) is 6.15. The zero-order valence-corrected chi connectivity index (χ0v) is 16.7. The van der Waals surface area contributed by atoms with Crippen LogP contribution in [0.3, 0.4) is 0 Å². The molecule has 0 N–H and O–H groups in total. The first-order chi connectivity index (χ1) is 13.3. The van der Waals surface area contributed by atoms with E-state index in [1.807, 2.05) is 42.1 Å². The van der Waals surface area contributed by atoms with E-state index in [-0.39, 0.29) is 5.91 Å². The molecule has 0 aromatic heterocycles. The first kappa shape index (κ1) is 18.6. The number of likely N-dealkylation sites (tertiary alicyclic amines) is 1. The second kappa shape index (κ2) is 8.94. The maximum atomic E-state index is 13.3. The Bertz CT molecular complexity index is 741. The summed E-state index contributed by atoms with van der Waals surface area (Å²) in [6.07, 6.45) is 3.69. The first-order valence-electron chi connectivity index (χ1n) is 10.1. The molecule has 1 unspecified atom stereocenters. The summed E-state index contributed by atoms with van der Waals surface area (Å²) in [4.78, 5) is 18.0. The molecular formula is C23H28N2OS. The SMILES string of the molecule is O=C(c1ccc(-c2ccccc2)cc1)N1CCCSCC1CN1CCCC1. The van der Waals surface area contributed by atoms with Gasteiger partial charge in [-0.1, -0.05) is 42.5 Å². The van der Waals surface area contributed by atoms with Crippen LogP contribution in [0.5, 0.6) is 0 Å². The van der Waals surface area contributed by atoms with Crippen LogP contribution < -0.4 is 0 Å². The number of amides is 1. The first-order valence-corrected chi connectivity index (χ1v) is 11.2. The van der Waals surface area contributed by atoms with Crippen molar-refractivity contribution in [2.45, 2.75) is 25.3 Å². The third-order valence-electron chi connectivity index (χ3n) is 5.61. The fourth-order valence-electron chi connectivity index (χ4n) is 4.11. The maximum absolute atomic E-state index is 13.3. The van der Waals surface area contributed by atoms with Gasteiger partial charge in [0.1, 0.15) is 0 Å². The second-order valence-electron chi connectivity index (χ2n) is 7.53. The van der Waals surface area contributed by atoms with Crippen LogP contribution in [0.4, 0.5) is 0 Å². The molecule has 0 spiro atoms. The summed E-state index contributed by atoms with van der Waals surface area (Å²) < 4.78 is 0. The molecule has 2 aliphatic rings. The molecule has 142 valence electrons. The van der Waals surface area contributed by atoms with Gasteiger partial charge in [0.15, 0.2) is 0 Å². The van der Waals surface area contributed by atoms with E-state index in [4.69, 9.17) is 0 Å². The van der Waals surface area contributed by atoms with Gasteiger partial charge >= 0.3 is 0 Å². The molecule has 0 saturated carbocycles. The third-order valence-corrected chi connectivity index (χ3v) is 6.80. The molecule has 0 aliphatic carbocycles. The summed E-state index contributed by atoms with van der Waals surface area (Å²) in [5.74, 6) is 2.42. The van der Waals surface area contributed by atoms with Crippen LogP contribution in [0, 0.1) is 0 Å². The molecular weight excluding hydrogens is 352 g/mol. The maximum Gasteiger partial charge on any atom is 0.254 e. The molecule has 1 atom stereocenters. The standard InChI is InChI=1S/C23H28N2OS/c26-23(21-11-9-20(10-12-21)19-7-2-1-3-8-19)25-15-6-16-27-18-22(25)17-24-13-4-5-14-24/h1-3,7-12,22H,4-6,13-18H2. The highest BCUT2D eigenvalue weighted by Crippen LogP contribution is 2.23. The van der Waals surface area contributed by atoms with Gasteiger partial charge in [-0.05, 0) is 61.4 Å². The number of hydrogen-bond acceptors (Lipinski definition) is 3. The van der Waals surface area contributed by atoms with Crippen LogP contribution in [-0.2, 0) is 0 Å². The molecule has 0 radical (unpaired) electrons. The van der Waals surface area contributed by atoms with Crippen molar-refractivity contribution >= 4 is 17.7 Å². The highest BCUT2D eigenvalue weighted by atomic mass is 32.2. The molecule has 1 amide bonds. The normalized spacial score (nSPS) is 21.2. The van der Waals surface area contributed by atoms with Crippen molar-refractivity contribution in [2.75, 3.05) is 37.7 Å². The minimum atomic E-state index is 0.196. The second-order valence-corrected chi connectivity index (χ2v) is 8.68. The van der Waals surface area contributed by atoms with Gasteiger partial charge in [-0.3, -0.25) is 4.79 Å². The largest absolute Gasteiger partial charge is 0.334 e. The van der Waals surface area contributed by atoms with Gasteiger partial charge in [0, 0.05) is 24.4 Å². The lowest BCUT2D eigenvalue weighted by Gasteiger charge is -2.32. The van der Waals surface area contributed by atoms with Crippen molar-refractivity contribution in [3.05, 3.63) is 60.2 Å². The molecule has 4 heteroatoms. The molecule has 2 heterocycles. The fourth-order valence-corrected chi connectivity index (χ4v) is 5.17. The van der Waals surface area contributed by atoms with Crippen molar-refractivity contribution in [1.82, 2.24) is 9.80 Å². The van der Waals surface area contributed by atoms with Crippen molar-refractivity contribution < 1.29 is 4.79 Å². The van der Waals surface area contributed by atoms with E-state index in [9.17, 15) is 4.79 Å². The number of rotatable bonds is 4. The zero-order valence-electron chi connectivity index (χ0n) is 15.8. The molecule has 2 fully saturated rings. The van der Waals surface area contributed by atoms with Gasteiger partial charge in [-0.2, -0.15) is 11.8 Å². The van der Waals surface area contributed by atoms with Crippen LogP contribution in [0.25, 0.3) is 11.1 Å². The van der Waals surface area contributed by atoms with Crippen molar-refractivity contribution in [3.63, 3.8) is 0 Å². The number of carbonyl (C=O) groups is 1. The van der Waals surface area contributed by atoms with Crippen molar-refractivity contribution in [2.24, 2.45) is 0 Å². The van der Waals surface area contributed by atoms with E-state index in [0.717, 1.165) is 42.1 Å². The van der Waals surface area contributed by atoms with E-state index < -0.39 is 0 Å². The Morgan fingerprint density at radius 2 is 1.59 bits per heavy atom. The third kappa shape index (κ3) is 4.56. The molecule has 27 heavy (non-hydrogen) atoms. The minimum absolute atomic E-state index is 0.196. The number of thioether (sulfide) groups is 1. The topological polar surface area (TPSA) is 23.6 Å². The van der Waals surface area contributed by atoms with E-state index >= 15 is 0 Å². The van der Waals surface area contributed by atoms with E-state index in [2.05, 4.69) is 34.1 Å². The number of nitrogens with zero attached hydrogens (tertiary/aromatic N) is 2. The summed E-state index contributed by atoms with van der Waals surface area (Å²) in [5, 5.41) is 0. The Hall–Kier alpha value is -1.78. The lowest BCUT2D eigenvalue weighted by Crippen LogP contribution is -2.47. The average molecular weight is 381 g/mol. The van der Waals surface area contributed by atoms with E-state index in [1.54, 1.807) is 0 Å². The molecule has 3 nitrogen and oxygen atoms in total. The molecule has 2 aromatic carbocycles. The molecule has 4 rings (SSSR count). The monoisotopic (exact) mass is 380 g/mol. The van der Waals surface area contributed by atoms with Crippen LogP contribution in [-0.4, -0.2) is 59.4 Å². The predicted octanol–water partition coefficient (Wildman–Crippen LogP) is 4.40. The van der Waals surface area contributed by atoms with Crippen molar-refractivity contribution in [1.29, 1.82) is 0 Å². The summed E-state index contributed by atoms with van der Waals surface area (Å²) in [7, 11) is 0. The summed E-state index contributed by atoms with van der Waals surface area (Å²) in [6.45, 7) is 4.29. The van der Waals surface area contributed by atoms with Crippen LogP contribution in [0.1, 0.15) is 29.6 Å². The van der Waals surface area contributed by atoms with Crippen LogP contribution in [0.15, 0.2) is 54.6 Å². The van der Waals surface area contributed by atoms with E-state index in [0.29, 0.717) is 6.04 Å². The highest BCUT2D eigenvalue weighted by molar-refractivity contribution is 7.99. The summed E-state index contributed by atoms with van der Waals surface area (Å²) in [6, 6.07) is 18.8. The van der Waals surface area contributed by atoms with Gasteiger partial charge in [-0.15, -0.1) is 0 Å². The van der Waals surface area contributed by atoms with Gasteiger partial charge in [0.05, 0.1) is 6.04 Å². The summed E-state index contributed by atoms with van der Waals surface area (Å²) >= 11 is 2.00. The lowest BCUT2D eigenvalue weighted by atomic mass is 10.0. The quantitative estimate of drug-likeness (QED) is 0.786. The average Bonchev–Trinajstić information content (AvgIpc) is 3.13. The lowest BCUT2D eigenvalue weighted by molar-refractivity contribution is 0.0666. The van der Waals surface area contributed by atoms with Crippen molar-refractivity contribution in [3.8, 4) is 11.1 Å². The fraction of sp³-hybridized carbons (Fsp3) is 0.435. The number of carbonyl (C=O) groups excluding carboxylic acids is 1. The Balaban J connectivity index is 1.50. The molecule has 2 aromatic rings. The van der Waals surface area contributed by atoms with Gasteiger partial charge in [0.2, 0.25) is 0 Å². The minimum Gasteiger partial charge on any atom is -0.334 e.